The van der Waals surface area contributed by atoms with Gasteiger partial charge in [-0.15, -0.1) is 0 Å². The number of carbonyl (C=O) groups excluding carboxylic acids is 2. The first-order valence-electron chi connectivity index (χ1n) is 10.7. The summed E-state index contributed by atoms with van der Waals surface area (Å²) in [5.41, 5.74) is 4.07. The van der Waals surface area contributed by atoms with Crippen LogP contribution in [0.5, 0.6) is 0 Å². The van der Waals surface area contributed by atoms with Crippen LogP contribution in [0.25, 0.3) is 0 Å². The molecule has 0 N–H and O–H groups in total. The minimum Gasteiger partial charge on any atom is -0.298 e. The predicted molar refractivity (Wildman–Crippen MR) is 114 cm³/mol. The van der Waals surface area contributed by atoms with E-state index in [0.717, 1.165) is 35.1 Å². The lowest BCUT2D eigenvalue weighted by Gasteiger charge is -2.33. The number of carbonyl (C=O) groups is 2. The SMILES string of the molecule is Cc1cc(C)c(C2C(=O)CC(CC3CCN(S(=O)(=O)C(C)C)CC3)C2=O)c(C)c1. The smallest absolute Gasteiger partial charge is 0.216 e. The van der Waals surface area contributed by atoms with E-state index in [4.69, 9.17) is 0 Å². The van der Waals surface area contributed by atoms with Crippen LogP contribution in [0.1, 0.15) is 67.7 Å². The Bertz CT molecular complexity index is 888. The zero-order valence-electron chi connectivity index (χ0n) is 18.2. The molecule has 2 unspecified atom stereocenters. The van der Waals surface area contributed by atoms with Crippen LogP contribution in [0.15, 0.2) is 12.1 Å². The third-order valence-electron chi connectivity index (χ3n) is 6.63. The van der Waals surface area contributed by atoms with Crippen LogP contribution in [0, 0.1) is 32.6 Å². The zero-order valence-corrected chi connectivity index (χ0v) is 19.0. The van der Waals surface area contributed by atoms with E-state index in [1.165, 1.54) is 0 Å². The molecule has 1 saturated carbocycles. The van der Waals surface area contributed by atoms with Gasteiger partial charge in [0.2, 0.25) is 10.0 Å². The van der Waals surface area contributed by atoms with Crippen molar-refractivity contribution in [3.05, 3.63) is 34.4 Å². The first kappa shape index (κ1) is 22.2. The average Bonchev–Trinajstić information content (AvgIpc) is 2.89. The van der Waals surface area contributed by atoms with Crippen molar-refractivity contribution in [2.45, 2.75) is 71.5 Å². The molecule has 1 aliphatic heterocycles. The second kappa shape index (κ2) is 8.31. The second-order valence-corrected chi connectivity index (χ2v) is 11.7. The summed E-state index contributed by atoms with van der Waals surface area (Å²) < 4.78 is 26.3. The van der Waals surface area contributed by atoms with Crippen LogP contribution in [-0.4, -0.2) is 42.6 Å². The molecular formula is C23H33NO4S. The minimum atomic E-state index is -3.22. The zero-order chi connectivity index (χ0) is 21.5. The molecule has 2 aliphatic rings. The van der Waals surface area contributed by atoms with Gasteiger partial charge >= 0.3 is 0 Å². The highest BCUT2D eigenvalue weighted by molar-refractivity contribution is 7.89. The van der Waals surface area contributed by atoms with E-state index in [-0.39, 0.29) is 17.5 Å². The number of rotatable bonds is 5. The van der Waals surface area contributed by atoms with Crippen molar-refractivity contribution >= 4 is 21.6 Å². The molecule has 2 fully saturated rings. The quantitative estimate of drug-likeness (QED) is 0.683. The Morgan fingerprint density at radius 1 is 1.03 bits per heavy atom. The highest BCUT2D eigenvalue weighted by Crippen LogP contribution is 2.40. The predicted octanol–water partition coefficient (Wildman–Crippen LogP) is 3.69. The van der Waals surface area contributed by atoms with E-state index in [2.05, 4.69) is 0 Å². The van der Waals surface area contributed by atoms with Crippen LogP contribution < -0.4 is 0 Å². The maximum Gasteiger partial charge on any atom is 0.216 e. The summed E-state index contributed by atoms with van der Waals surface area (Å²) in [7, 11) is -3.22. The van der Waals surface area contributed by atoms with E-state index in [9.17, 15) is 18.0 Å². The second-order valence-electron chi connectivity index (χ2n) is 9.19. The lowest BCUT2D eigenvalue weighted by molar-refractivity contribution is -0.125. The molecular weight excluding hydrogens is 386 g/mol. The Balaban J connectivity index is 1.68. The van der Waals surface area contributed by atoms with Crippen LogP contribution >= 0.6 is 0 Å². The van der Waals surface area contributed by atoms with Gasteiger partial charge in [-0.05, 0) is 76.5 Å². The van der Waals surface area contributed by atoms with Gasteiger partial charge < -0.3 is 0 Å². The topological polar surface area (TPSA) is 71.5 Å². The Hall–Kier alpha value is -1.53. The van der Waals surface area contributed by atoms with Crippen molar-refractivity contribution in [2.24, 2.45) is 11.8 Å². The number of hydrogen-bond donors (Lipinski definition) is 0. The molecule has 0 aromatic heterocycles. The number of Topliss-reactive ketones (excluding diaryl/α,β-unsaturated/α-hetero) is 2. The Morgan fingerprint density at radius 3 is 2.10 bits per heavy atom. The number of piperidine rings is 1. The molecule has 0 bridgehead atoms. The van der Waals surface area contributed by atoms with Gasteiger partial charge in [-0.25, -0.2) is 12.7 Å². The summed E-state index contributed by atoms with van der Waals surface area (Å²) in [4.78, 5) is 25.9. The van der Waals surface area contributed by atoms with E-state index in [0.29, 0.717) is 31.8 Å². The van der Waals surface area contributed by atoms with Gasteiger partial charge in [0.15, 0.2) is 5.78 Å². The van der Waals surface area contributed by atoms with E-state index >= 15 is 0 Å². The molecule has 5 nitrogen and oxygen atoms in total. The van der Waals surface area contributed by atoms with Crippen molar-refractivity contribution < 1.29 is 18.0 Å². The van der Waals surface area contributed by atoms with Crippen molar-refractivity contribution in [3.8, 4) is 0 Å². The van der Waals surface area contributed by atoms with Gasteiger partial charge in [0.25, 0.3) is 0 Å². The number of sulfonamides is 1. The average molecular weight is 420 g/mol. The van der Waals surface area contributed by atoms with Gasteiger partial charge in [-0.2, -0.15) is 0 Å². The van der Waals surface area contributed by atoms with Crippen molar-refractivity contribution in [3.63, 3.8) is 0 Å². The molecule has 0 radical (unpaired) electrons. The molecule has 160 valence electrons. The molecule has 0 amide bonds. The van der Waals surface area contributed by atoms with Crippen LogP contribution in [0.4, 0.5) is 0 Å². The van der Waals surface area contributed by atoms with Crippen LogP contribution in [-0.2, 0) is 19.6 Å². The molecule has 1 aliphatic carbocycles. The van der Waals surface area contributed by atoms with Gasteiger partial charge in [-0.1, -0.05) is 17.7 Å². The van der Waals surface area contributed by atoms with Gasteiger partial charge in [0.1, 0.15) is 11.7 Å². The summed E-state index contributed by atoms with van der Waals surface area (Å²) in [5, 5.41) is -0.408. The highest BCUT2D eigenvalue weighted by Gasteiger charge is 2.44. The fourth-order valence-corrected chi connectivity index (χ4v) is 6.42. The minimum absolute atomic E-state index is 0.0369. The van der Waals surface area contributed by atoms with Crippen molar-refractivity contribution in [2.75, 3.05) is 13.1 Å². The molecule has 1 heterocycles. The van der Waals surface area contributed by atoms with Crippen LogP contribution in [0.2, 0.25) is 0 Å². The molecule has 0 spiro atoms. The van der Waals surface area contributed by atoms with Gasteiger partial charge in [0, 0.05) is 25.4 Å². The summed E-state index contributed by atoms with van der Waals surface area (Å²) in [6, 6.07) is 4.09. The Kier molecular flexibility index (Phi) is 6.35. The summed E-state index contributed by atoms with van der Waals surface area (Å²) in [5.74, 6) is -0.459. The molecule has 1 aromatic carbocycles. The normalized spacial score (nSPS) is 24.6. The summed E-state index contributed by atoms with van der Waals surface area (Å²) in [6.07, 6.45) is 2.54. The molecule has 1 saturated heterocycles. The number of hydrogen-bond acceptors (Lipinski definition) is 4. The number of benzene rings is 1. The summed E-state index contributed by atoms with van der Waals surface area (Å²) in [6.45, 7) is 10.4. The molecule has 6 heteroatoms. The van der Waals surface area contributed by atoms with E-state index in [1.54, 1.807) is 18.2 Å². The monoisotopic (exact) mass is 419 g/mol. The maximum absolute atomic E-state index is 13.2. The fourth-order valence-electron chi connectivity index (χ4n) is 5.10. The number of ketones is 2. The molecule has 1 aromatic rings. The lowest BCUT2D eigenvalue weighted by atomic mass is 9.83. The van der Waals surface area contributed by atoms with Gasteiger partial charge in [0.05, 0.1) is 5.25 Å². The number of aryl methyl sites for hydroxylation is 3. The highest BCUT2D eigenvalue weighted by atomic mass is 32.2. The first-order chi connectivity index (χ1) is 13.5. The third kappa shape index (κ3) is 4.33. The largest absolute Gasteiger partial charge is 0.298 e. The number of nitrogens with zero attached hydrogens (tertiary/aromatic N) is 1. The Labute approximate surface area is 174 Å². The van der Waals surface area contributed by atoms with Crippen LogP contribution in [0.3, 0.4) is 0 Å². The van der Waals surface area contributed by atoms with Crippen molar-refractivity contribution in [1.29, 1.82) is 0 Å². The van der Waals surface area contributed by atoms with Crippen molar-refractivity contribution in [1.82, 2.24) is 4.31 Å². The lowest BCUT2D eigenvalue weighted by Crippen LogP contribution is -2.42. The van der Waals surface area contributed by atoms with E-state index < -0.39 is 21.2 Å². The Morgan fingerprint density at radius 2 is 1.59 bits per heavy atom. The first-order valence-corrected chi connectivity index (χ1v) is 12.2. The van der Waals surface area contributed by atoms with E-state index in [1.807, 2.05) is 32.9 Å². The third-order valence-corrected chi connectivity index (χ3v) is 8.91. The summed E-state index contributed by atoms with van der Waals surface area (Å²) >= 11 is 0. The fraction of sp³-hybridized carbons (Fsp3) is 0.652. The van der Waals surface area contributed by atoms with Gasteiger partial charge in [-0.3, -0.25) is 9.59 Å². The maximum atomic E-state index is 13.2. The molecule has 3 rings (SSSR count). The standard InChI is InChI=1S/C23H33NO4S/c1-14(2)29(27,28)24-8-6-18(7-9-24)12-19-13-20(25)22(23(19)26)21-16(4)10-15(3)11-17(21)5/h10-11,14,18-19,22H,6-9,12-13H2,1-5H3. The molecule has 2 atom stereocenters. The molecule has 29 heavy (non-hydrogen) atoms.